The lowest BCUT2D eigenvalue weighted by atomic mass is 9.95. The molecule has 7 heteroatoms. The summed E-state index contributed by atoms with van der Waals surface area (Å²) in [6.07, 6.45) is 1.09. The van der Waals surface area contributed by atoms with E-state index in [0.717, 1.165) is 21.2 Å². The Morgan fingerprint density at radius 1 is 1.13 bits per heavy atom. The molecule has 0 aromatic heterocycles. The number of carbonyl (C=O) groups excluding carboxylic acids is 1. The molecule has 162 valence electrons. The molecule has 1 fully saturated rings. The van der Waals surface area contributed by atoms with E-state index in [-0.39, 0.29) is 23.6 Å². The second kappa shape index (κ2) is 9.62. The first-order chi connectivity index (χ1) is 14.2. The molecular formula is C23H29BrN2O3S. The third-order valence-electron chi connectivity index (χ3n) is 5.74. The smallest absolute Gasteiger partial charge is 0.223 e. The van der Waals surface area contributed by atoms with Crippen molar-refractivity contribution in [3.8, 4) is 0 Å². The van der Waals surface area contributed by atoms with E-state index in [1.165, 1.54) is 9.87 Å². The van der Waals surface area contributed by atoms with E-state index in [1.807, 2.05) is 45.0 Å². The Labute approximate surface area is 188 Å². The van der Waals surface area contributed by atoms with Crippen molar-refractivity contribution in [2.75, 3.05) is 13.1 Å². The van der Waals surface area contributed by atoms with Gasteiger partial charge >= 0.3 is 0 Å². The second-order valence-corrected chi connectivity index (χ2v) is 11.0. The van der Waals surface area contributed by atoms with Gasteiger partial charge in [-0.1, -0.05) is 51.8 Å². The Kier molecular flexibility index (Phi) is 7.37. The van der Waals surface area contributed by atoms with Gasteiger partial charge in [-0.25, -0.2) is 12.7 Å². The summed E-state index contributed by atoms with van der Waals surface area (Å²) in [7, 11) is -3.39. The predicted octanol–water partition coefficient (Wildman–Crippen LogP) is 4.49. The SMILES string of the molecule is Cc1ccc(C)c([C@H](C)NC(=O)C2CCN(S(=O)(=O)Cc3ccc(Br)cc3)CC2)c1. The van der Waals surface area contributed by atoms with Gasteiger partial charge in [0.15, 0.2) is 0 Å². The first kappa shape index (κ1) is 23.0. The molecule has 1 amide bonds. The number of halogens is 1. The van der Waals surface area contributed by atoms with Crippen molar-refractivity contribution in [3.63, 3.8) is 0 Å². The number of piperidine rings is 1. The van der Waals surface area contributed by atoms with Crippen molar-refractivity contribution >= 4 is 31.9 Å². The zero-order valence-electron chi connectivity index (χ0n) is 17.7. The van der Waals surface area contributed by atoms with Crippen LogP contribution in [0.4, 0.5) is 0 Å². The van der Waals surface area contributed by atoms with Crippen molar-refractivity contribution in [1.82, 2.24) is 9.62 Å². The molecule has 0 aliphatic carbocycles. The van der Waals surface area contributed by atoms with Gasteiger partial charge < -0.3 is 5.32 Å². The lowest BCUT2D eigenvalue weighted by Crippen LogP contribution is -2.43. The van der Waals surface area contributed by atoms with Crippen LogP contribution >= 0.6 is 15.9 Å². The molecule has 0 spiro atoms. The van der Waals surface area contributed by atoms with Crippen molar-refractivity contribution < 1.29 is 13.2 Å². The van der Waals surface area contributed by atoms with Crippen LogP contribution in [-0.2, 0) is 20.6 Å². The number of aryl methyl sites for hydroxylation is 2. The fourth-order valence-corrected chi connectivity index (χ4v) is 5.74. The zero-order valence-corrected chi connectivity index (χ0v) is 20.1. The van der Waals surface area contributed by atoms with Crippen LogP contribution in [0, 0.1) is 19.8 Å². The number of amides is 1. The van der Waals surface area contributed by atoms with Gasteiger partial charge in [0, 0.05) is 23.5 Å². The zero-order chi connectivity index (χ0) is 21.9. The Morgan fingerprint density at radius 3 is 2.40 bits per heavy atom. The number of hydrogen-bond donors (Lipinski definition) is 1. The molecule has 1 aliphatic rings. The summed E-state index contributed by atoms with van der Waals surface area (Å²) in [6.45, 7) is 6.86. The van der Waals surface area contributed by atoms with E-state index in [9.17, 15) is 13.2 Å². The molecule has 0 saturated carbocycles. The lowest BCUT2D eigenvalue weighted by molar-refractivity contribution is -0.126. The summed E-state index contributed by atoms with van der Waals surface area (Å²) in [5.41, 5.74) is 4.21. The number of rotatable bonds is 6. The van der Waals surface area contributed by atoms with Gasteiger partial charge in [-0.05, 0) is 62.4 Å². The molecule has 1 N–H and O–H groups in total. The molecular weight excluding hydrogens is 464 g/mol. The number of nitrogens with one attached hydrogen (secondary N) is 1. The third kappa shape index (κ3) is 5.71. The first-order valence-electron chi connectivity index (χ1n) is 10.3. The minimum atomic E-state index is -3.39. The highest BCUT2D eigenvalue weighted by Crippen LogP contribution is 2.24. The van der Waals surface area contributed by atoms with Crippen molar-refractivity contribution in [2.24, 2.45) is 5.92 Å². The number of carbonyl (C=O) groups is 1. The predicted molar refractivity (Wildman–Crippen MR) is 124 cm³/mol. The standard InChI is InChI=1S/C23H29BrN2O3S/c1-16-4-5-17(2)22(14-16)18(3)25-23(27)20-10-12-26(13-11-20)30(28,29)15-19-6-8-21(24)9-7-19/h4-9,14,18,20H,10-13,15H2,1-3H3,(H,25,27)/t18-/m0/s1. The molecule has 1 atom stereocenters. The van der Waals surface area contributed by atoms with Crippen LogP contribution in [0.3, 0.4) is 0 Å². The maximum Gasteiger partial charge on any atom is 0.223 e. The number of benzene rings is 2. The van der Waals surface area contributed by atoms with Crippen molar-refractivity contribution in [2.45, 2.75) is 45.4 Å². The molecule has 1 aliphatic heterocycles. The number of nitrogens with zero attached hydrogens (tertiary/aromatic N) is 1. The minimum Gasteiger partial charge on any atom is -0.349 e. The van der Waals surface area contributed by atoms with Gasteiger partial charge in [0.1, 0.15) is 0 Å². The van der Waals surface area contributed by atoms with Gasteiger partial charge in [-0.15, -0.1) is 0 Å². The van der Waals surface area contributed by atoms with Crippen molar-refractivity contribution in [3.05, 3.63) is 69.2 Å². The van der Waals surface area contributed by atoms with E-state index >= 15 is 0 Å². The van der Waals surface area contributed by atoms with Crippen LogP contribution in [0.5, 0.6) is 0 Å². The van der Waals surface area contributed by atoms with E-state index in [1.54, 1.807) is 0 Å². The summed E-state index contributed by atoms with van der Waals surface area (Å²) in [4.78, 5) is 12.8. The molecule has 0 unspecified atom stereocenters. The maximum absolute atomic E-state index is 12.8. The summed E-state index contributed by atoms with van der Waals surface area (Å²) >= 11 is 3.36. The Balaban J connectivity index is 1.56. The van der Waals surface area contributed by atoms with Crippen LogP contribution < -0.4 is 5.32 Å². The fraction of sp³-hybridized carbons (Fsp3) is 0.435. The Morgan fingerprint density at radius 2 is 1.77 bits per heavy atom. The lowest BCUT2D eigenvalue weighted by Gasteiger charge is -2.31. The van der Waals surface area contributed by atoms with E-state index in [0.29, 0.717) is 25.9 Å². The minimum absolute atomic E-state index is 0.00774. The largest absolute Gasteiger partial charge is 0.349 e. The average Bonchev–Trinajstić information content (AvgIpc) is 2.71. The van der Waals surface area contributed by atoms with Crippen LogP contribution in [0.15, 0.2) is 46.9 Å². The highest BCUT2D eigenvalue weighted by molar-refractivity contribution is 9.10. The second-order valence-electron chi connectivity index (χ2n) is 8.15. The van der Waals surface area contributed by atoms with E-state index in [2.05, 4.69) is 39.4 Å². The maximum atomic E-state index is 12.8. The average molecular weight is 493 g/mol. The number of hydrogen-bond acceptors (Lipinski definition) is 3. The monoisotopic (exact) mass is 492 g/mol. The molecule has 1 heterocycles. The van der Waals surface area contributed by atoms with Crippen LogP contribution in [0.25, 0.3) is 0 Å². The fourth-order valence-electron chi connectivity index (χ4n) is 3.91. The van der Waals surface area contributed by atoms with E-state index < -0.39 is 10.0 Å². The molecule has 1 saturated heterocycles. The molecule has 0 radical (unpaired) electrons. The third-order valence-corrected chi connectivity index (χ3v) is 8.12. The molecule has 0 bridgehead atoms. The van der Waals surface area contributed by atoms with Crippen LogP contribution in [0.1, 0.15) is 48.1 Å². The summed E-state index contributed by atoms with van der Waals surface area (Å²) < 4.78 is 28.0. The van der Waals surface area contributed by atoms with Gasteiger partial charge in [0.2, 0.25) is 15.9 Å². The van der Waals surface area contributed by atoms with Gasteiger partial charge in [0.05, 0.1) is 11.8 Å². The highest BCUT2D eigenvalue weighted by atomic mass is 79.9. The Bertz CT molecular complexity index is 998. The first-order valence-corrected chi connectivity index (χ1v) is 12.7. The molecule has 3 rings (SSSR count). The van der Waals surface area contributed by atoms with Crippen LogP contribution in [-0.4, -0.2) is 31.7 Å². The van der Waals surface area contributed by atoms with Crippen molar-refractivity contribution in [1.29, 1.82) is 0 Å². The van der Waals surface area contributed by atoms with Crippen LogP contribution in [0.2, 0.25) is 0 Å². The number of sulfonamides is 1. The van der Waals surface area contributed by atoms with Gasteiger partial charge in [-0.2, -0.15) is 0 Å². The summed E-state index contributed by atoms with van der Waals surface area (Å²) in [5.74, 6) is -0.161. The molecule has 30 heavy (non-hydrogen) atoms. The normalized spacial score (nSPS) is 16.9. The molecule has 2 aromatic rings. The molecule has 5 nitrogen and oxygen atoms in total. The van der Waals surface area contributed by atoms with Gasteiger partial charge in [-0.3, -0.25) is 4.79 Å². The van der Waals surface area contributed by atoms with E-state index in [4.69, 9.17) is 0 Å². The highest BCUT2D eigenvalue weighted by Gasteiger charge is 2.31. The quantitative estimate of drug-likeness (QED) is 0.645. The summed E-state index contributed by atoms with van der Waals surface area (Å²) in [6, 6.07) is 13.5. The topological polar surface area (TPSA) is 66.5 Å². The Hall–Kier alpha value is -1.70. The summed E-state index contributed by atoms with van der Waals surface area (Å²) in [5, 5.41) is 3.12. The molecule has 2 aromatic carbocycles. The van der Waals surface area contributed by atoms with Gasteiger partial charge in [0.25, 0.3) is 0 Å².